The van der Waals surface area contributed by atoms with Crippen LogP contribution >= 0.6 is 0 Å². The number of para-hydroxylation sites is 1. The number of nitrogens with one attached hydrogen (secondary N) is 1. The van der Waals surface area contributed by atoms with Gasteiger partial charge in [0.2, 0.25) is 0 Å². The van der Waals surface area contributed by atoms with Crippen molar-refractivity contribution in [2.24, 2.45) is 0 Å². The zero-order valence-corrected chi connectivity index (χ0v) is 16.9. The first-order chi connectivity index (χ1) is 15.2. The summed E-state index contributed by atoms with van der Waals surface area (Å²) >= 11 is 0. The third-order valence-electron chi connectivity index (χ3n) is 4.57. The fourth-order valence-electron chi connectivity index (χ4n) is 3.07. The summed E-state index contributed by atoms with van der Waals surface area (Å²) in [5, 5.41) is 7.49. The van der Waals surface area contributed by atoms with Crippen molar-refractivity contribution < 1.29 is 14.3 Å². The number of hydrogen-bond acceptors (Lipinski definition) is 5. The molecule has 1 amide bonds. The number of amides is 1. The van der Waals surface area contributed by atoms with E-state index in [-0.39, 0.29) is 5.91 Å². The van der Waals surface area contributed by atoms with E-state index in [1.165, 1.54) is 0 Å². The van der Waals surface area contributed by atoms with Crippen molar-refractivity contribution in [1.29, 1.82) is 0 Å². The summed E-state index contributed by atoms with van der Waals surface area (Å²) < 4.78 is 6.65. The fraction of sp³-hybridized carbons (Fsp3) is 0.0833. The molecule has 154 valence electrons. The zero-order chi connectivity index (χ0) is 21.6. The predicted octanol–water partition coefficient (Wildman–Crippen LogP) is 4.36. The molecule has 0 saturated heterocycles. The Morgan fingerprint density at radius 2 is 1.77 bits per heavy atom. The molecule has 2 heterocycles. The summed E-state index contributed by atoms with van der Waals surface area (Å²) in [5.74, 6) is -0.715. The van der Waals surface area contributed by atoms with Crippen molar-refractivity contribution in [2.75, 3.05) is 11.9 Å². The molecule has 0 spiro atoms. The number of anilines is 1. The maximum absolute atomic E-state index is 13.1. The molecule has 0 fully saturated rings. The van der Waals surface area contributed by atoms with Gasteiger partial charge in [-0.1, -0.05) is 18.2 Å². The Morgan fingerprint density at radius 3 is 2.45 bits per heavy atom. The highest BCUT2D eigenvalue weighted by atomic mass is 16.5. The minimum atomic E-state index is -0.400. The van der Waals surface area contributed by atoms with E-state index in [4.69, 9.17) is 4.74 Å². The SMILES string of the molecule is CCOC(=O)c1ccc(NC(=O)c2cn(-c3ccccc3)nc2-c2cccnc2)cc1. The fourth-order valence-corrected chi connectivity index (χ4v) is 3.07. The minimum absolute atomic E-state index is 0.305. The van der Waals surface area contributed by atoms with Crippen LogP contribution in [0.4, 0.5) is 5.69 Å². The van der Waals surface area contributed by atoms with Crippen molar-refractivity contribution >= 4 is 17.6 Å². The van der Waals surface area contributed by atoms with Gasteiger partial charge in [0.25, 0.3) is 5.91 Å². The van der Waals surface area contributed by atoms with Crippen molar-refractivity contribution in [2.45, 2.75) is 6.92 Å². The second-order valence-electron chi connectivity index (χ2n) is 6.67. The number of aromatic nitrogens is 3. The van der Waals surface area contributed by atoms with Crippen LogP contribution in [0.5, 0.6) is 0 Å². The van der Waals surface area contributed by atoms with Crippen LogP contribution in [0, 0.1) is 0 Å². The molecule has 7 heteroatoms. The normalized spacial score (nSPS) is 10.5. The molecule has 2 aromatic carbocycles. The van der Waals surface area contributed by atoms with Crippen LogP contribution in [0.3, 0.4) is 0 Å². The zero-order valence-electron chi connectivity index (χ0n) is 16.9. The molecule has 0 radical (unpaired) electrons. The minimum Gasteiger partial charge on any atom is -0.462 e. The monoisotopic (exact) mass is 412 g/mol. The van der Waals surface area contributed by atoms with E-state index in [2.05, 4.69) is 15.4 Å². The smallest absolute Gasteiger partial charge is 0.338 e. The summed E-state index contributed by atoms with van der Waals surface area (Å²) in [5.41, 5.74) is 3.49. The summed E-state index contributed by atoms with van der Waals surface area (Å²) in [6.45, 7) is 2.06. The van der Waals surface area contributed by atoms with Gasteiger partial charge in [-0.3, -0.25) is 9.78 Å². The number of hydrogen-bond donors (Lipinski definition) is 1. The van der Waals surface area contributed by atoms with E-state index in [0.717, 1.165) is 11.3 Å². The second-order valence-corrected chi connectivity index (χ2v) is 6.67. The van der Waals surface area contributed by atoms with Gasteiger partial charge in [-0.2, -0.15) is 5.10 Å². The number of rotatable bonds is 6. The lowest BCUT2D eigenvalue weighted by molar-refractivity contribution is 0.0526. The van der Waals surface area contributed by atoms with Crippen LogP contribution < -0.4 is 5.32 Å². The molecular formula is C24H20N4O3. The van der Waals surface area contributed by atoms with Crippen LogP contribution in [0.2, 0.25) is 0 Å². The van der Waals surface area contributed by atoms with Crippen LogP contribution in [-0.2, 0) is 4.74 Å². The highest BCUT2D eigenvalue weighted by Gasteiger charge is 2.19. The third-order valence-corrected chi connectivity index (χ3v) is 4.57. The lowest BCUT2D eigenvalue weighted by atomic mass is 10.1. The Balaban J connectivity index is 1.64. The van der Waals surface area contributed by atoms with E-state index >= 15 is 0 Å². The maximum Gasteiger partial charge on any atom is 0.338 e. The molecule has 31 heavy (non-hydrogen) atoms. The highest BCUT2D eigenvalue weighted by molar-refractivity contribution is 6.08. The number of carbonyl (C=O) groups is 2. The molecular weight excluding hydrogens is 392 g/mol. The summed E-state index contributed by atoms with van der Waals surface area (Å²) in [6, 6.07) is 19.8. The molecule has 0 atom stereocenters. The summed E-state index contributed by atoms with van der Waals surface area (Å²) in [7, 11) is 0. The van der Waals surface area contributed by atoms with Gasteiger partial charge in [-0.05, 0) is 55.5 Å². The maximum atomic E-state index is 13.1. The van der Waals surface area contributed by atoms with Gasteiger partial charge in [0.1, 0.15) is 5.69 Å². The van der Waals surface area contributed by atoms with Crippen LogP contribution in [0.1, 0.15) is 27.6 Å². The van der Waals surface area contributed by atoms with Gasteiger partial charge in [-0.15, -0.1) is 0 Å². The Kier molecular flexibility index (Phi) is 5.84. The molecule has 2 aromatic heterocycles. The van der Waals surface area contributed by atoms with Gasteiger partial charge >= 0.3 is 5.97 Å². The lowest BCUT2D eigenvalue weighted by Crippen LogP contribution is -2.12. The molecule has 0 aliphatic carbocycles. The standard InChI is InChI=1S/C24H20N4O3/c1-2-31-24(30)17-10-12-19(13-11-17)26-23(29)21-16-28(20-8-4-3-5-9-20)27-22(21)18-7-6-14-25-15-18/h3-16H,2H2,1H3,(H,26,29). The van der Waals surface area contributed by atoms with Crippen molar-refractivity contribution in [3.05, 3.63) is 96.4 Å². The highest BCUT2D eigenvalue weighted by Crippen LogP contribution is 2.24. The summed E-state index contributed by atoms with van der Waals surface area (Å²) in [4.78, 5) is 29.1. The van der Waals surface area contributed by atoms with Gasteiger partial charge in [0.15, 0.2) is 0 Å². The number of pyridine rings is 1. The molecule has 7 nitrogen and oxygen atoms in total. The molecule has 0 aliphatic rings. The first kappa shape index (κ1) is 20.0. The number of benzene rings is 2. The molecule has 0 saturated carbocycles. The van der Waals surface area contributed by atoms with Crippen molar-refractivity contribution in [3.63, 3.8) is 0 Å². The van der Waals surface area contributed by atoms with Crippen LogP contribution in [-0.4, -0.2) is 33.2 Å². The van der Waals surface area contributed by atoms with Crippen LogP contribution in [0.15, 0.2) is 85.3 Å². The van der Waals surface area contributed by atoms with Gasteiger partial charge in [0.05, 0.1) is 23.4 Å². The topological polar surface area (TPSA) is 86.1 Å². The van der Waals surface area contributed by atoms with Crippen LogP contribution in [0.25, 0.3) is 16.9 Å². The first-order valence-electron chi connectivity index (χ1n) is 9.79. The van der Waals surface area contributed by atoms with E-state index in [0.29, 0.717) is 29.1 Å². The van der Waals surface area contributed by atoms with E-state index in [9.17, 15) is 9.59 Å². The van der Waals surface area contributed by atoms with Gasteiger partial charge < -0.3 is 10.1 Å². The Bertz CT molecular complexity index is 1190. The van der Waals surface area contributed by atoms with E-state index in [1.807, 2.05) is 36.4 Å². The number of nitrogens with zero attached hydrogens (tertiary/aromatic N) is 3. The number of esters is 1. The first-order valence-corrected chi connectivity index (χ1v) is 9.79. The molecule has 4 aromatic rings. The number of carbonyl (C=O) groups excluding carboxylic acids is 2. The molecule has 0 bridgehead atoms. The van der Waals surface area contributed by atoms with Gasteiger partial charge in [0, 0.05) is 29.8 Å². The predicted molar refractivity (Wildman–Crippen MR) is 117 cm³/mol. The average Bonchev–Trinajstić information content (AvgIpc) is 3.27. The quantitative estimate of drug-likeness (QED) is 0.476. The van der Waals surface area contributed by atoms with Crippen molar-refractivity contribution in [3.8, 4) is 16.9 Å². The summed E-state index contributed by atoms with van der Waals surface area (Å²) in [6.07, 6.45) is 5.03. The molecule has 0 unspecified atom stereocenters. The van der Waals surface area contributed by atoms with Crippen molar-refractivity contribution in [1.82, 2.24) is 14.8 Å². The average molecular weight is 412 g/mol. The Morgan fingerprint density at radius 1 is 1.00 bits per heavy atom. The molecule has 1 N–H and O–H groups in total. The Labute approximate surface area is 179 Å². The lowest BCUT2D eigenvalue weighted by Gasteiger charge is -2.07. The molecule has 0 aliphatic heterocycles. The third kappa shape index (κ3) is 4.51. The van der Waals surface area contributed by atoms with Gasteiger partial charge in [-0.25, -0.2) is 9.48 Å². The largest absolute Gasteiger partial charge is 0.462 e. The van der Waals surface area contributed by atoms with E-state index < -0.39 is 5.97 Å². The number of ether oxygens (including phenoxy) is 1. The second kappa shape index (κ2) is 9.04. The Hall–Kier alpha value is -4.26. The van der Waals surface area contributed by atoms with E-state index in [1.54, 1.807) is 60.5 Å². The molecule has 4 rings (SSSR count).